The number of hydrogen-bond acceptors (Lipinski definition) is 7. The third kappa shape index (κ3) is 3.65. The van der Waals surface area contributed by atoms with Gasteiger partial charge in [0.25, 0.3) is 11.5 Å². The summed E-state index contributed by atoms with van der Waals surface area (Å²) in [5, 5.41) is 13.7. The number of esters is 1. The molecular weight excluding hydrogens is 388 g/mol. The number of benzene rings is 1. The maximum absolute atomic E-state index is 12.6. The first-order valence-corrected chi connectivity index (χ1v) is 9.05. The van der Waals surface area contributed by atoms with Crippen LogP contribution in [-0.2, 0) is 4.74 Å². The molecule has 0 aliphatic carbocycles. The maximum atomic E-state index is 12.6. The Hall–Kier alpha value is -4.34. The topological polar surface area (TPSA) is 132 Å². The number of carbonyl (C=O) groups excluding carboxylic acids is 2. The number of carbonyl (C=O) groups is 2. The van der Waals surface area contributed by atoms with Gasteiger partial charge < -0.3 is 10.1 Å². The van der Waals surface area contributed by atoms with Gasteiger partial charge in [-0.25, -0.2) is 14.9 Å². The first kappa shape index (κ1) is 19.0. The summed E-state index contributed by atoms with van der Waals surface area (Å²) in [5.74, 6) is -0.809. The van der Waals surface area contributed by atoms with Gasteiger partial charge in [-0.2, -0.15) is 14.9 Å². The molecule has 4 aromatic rings. The molecule has 0 radical (unpaired) electrons. The quantitative estimate of drug-likeness (QED) is 0.486. The zero-order valence-corrected chi connectivity index (χ0v) is 15.8. The number of nitrogens with zero attached hydrogens (tertiary/aromatic N) is 4. The Kier molecular flexibility index (Phi) is 5.04. The minimum Gasteiger partial charge on any atom is -0.462 e. The molecule has 10 nitrogen and oxygen atoms in total. The monoisotopic (exact) mass is 404 g/mol. The molecule has 0 aliphatic rings. The summed E-state index contributed by atoms with van der Waals surface area (Å²) in [6.45, 7) is 1.84. The Labute approximate surface area is 169 Å². The van der Waals surface area contributed by atoms with Crippen molar-refractivity contribution in [2.24, 2.45) is 0 Å². The van der Waals surface area contributed by atoms with E-state index in [9.17, 15) is 14.4 Å². The molecule has 0 fully saturated rings. The summed E-state index contributed by atoms with van der Waals surface area (Å²) in [4.78, 5) is 40.8. The van der Waals surface area contributed by atoms with Crippen molar-refractivity contribution in [2.75, 3.05) is 11.9 Å². The van der Waals surface area contributed by atoms with Crippen LogP contribution in [0.15, 0.2) is 59.5 Å². The van der Waals surface area contributed by atoms with Gasteiger partial charge in [0.1, 0.15) is 11.3 Å². The lowest BCUT2D eigenvalue weighted by atomic mass is 10.2. The van der Waals surface area contributed by atoms with Crippen LogP contribution in [0.1, 0.15) is 27.8 Å². The van der Waals surface area contributed by atoms with Crippen LogP contribution in [0.2, 0.25) is 0 Å². The van der Waals surface area contributed by atoms with Crippen LogP contribution in [0.5, 0.6) is 0 Å². The molecule has 0 bridgehead atoms. The number of hydrogen-bond donors (Lipinski definition) is 2. The van der Waals surface area contributed by atoms with Crippen LogP contribution in [0.3, 0.4) is 0 Å². The summed E-state index contributed by atoms with van der Waals surface area (Å²) in [5.41, 5.74) is 0.306. The van der Waals surface area contributed by atoms with Crippen LogP contribution < -0.4 is 10.9 Å². The molecule has 0 saturated heterocycles. The van der Waals surface area contributed by atoms with Gasteiger partial charge in [-0.15, -0.1) is 0 Å². The molecule has 3 heterocycles. The Morgan fingerprint density at radius 1 is 1.13 bits per heavy atom. The number of anilines is 1. The largest absolute Gasteiger partial charge is 0.462 e. The van der Waals surface area contributed by atoms with E-state index in [1.54, 1.807) is 13.0 Å². The molecule has 4 rings (SSSR count). The first-order chi connectivity index (χ1) is 14.6. The normalized spacial score (nSPS) is 10.7. The summed E-state index contributed by atoms with van der Waals surface area (Å²) in [6, 6.07) is 13.6. The van der Waals surface area contributed by atoms with Crippen molar-refractivity contribution < 1.29 is 14.3 Å². The van der Waals surface area contributed by atoms with E-state index >= 15 is 0 Å². The van der Waals surface area contributed by atoms with Crippen molar-refractivity contribution in [3.8, 4) is 5.82 Å². The summed E-state index contributed by atoms with van der Waals surface area (Å²) in [6.07, 6.45) is 1.30. The highest BCUT2D eigenvalue weighted by Crippen LogP contribution is 2.22. The van der Waals surface area contributed by atoms with E-state index in [4.69, 9.17) is 4.74 Å². The van der Waals surface area contributed by atoms with E-state index in [1.807, 2.05) is 30.3 Å². The molecule has 3 aromatic heterocycles. The fraction of sp³-hybridized carbons (Fsp3) is 0.100. The predicted octanol–water partition coefficient (Wildman–Crippen LogP) is 1.93. The number of para-hydroxylation sites is 1. The molecule has 0 saturated carbocycles. The SMILES string of the molecule is CCOC(=O)c1cnn(-c2ccc3ccccc3n2)c1NC(=O)c1ccc(=O)[nH]n1. The Morgan fingerprint density at radius 3 is 2.73 bits per heavy atom. The van der Waals surface area contributed by atoms with Crippen LogP contribution in [0.25, 0.3) is 16.7 Å². The molecular formula is C20H16N6O4. The van der Waals surface area contributed by atoms with Gasteiger partial charge >= 0.3 is 5.97 Å². The smallest absolute Gasteiger partial charge is 0.343 e. The number of nitrogens with one attached hydrogen (secondary N) is 2. The van der Waals surface area contributed by atoms with E-state index in [-0.39, 0.29) is 23.7 Å². The predicted molar refractivity (Wildman–Crippen MR) is 108 cm³/mol. The van der Waals surface area contributed by atoms with Gasteiger partial charge in [-0.05, 0) is 31.2 Å². The number of amides is 1. The van der Waals surface area contributed by atoms with E-state index in [2.05, 4.69) is 25.6 Å². The van der Waals surface area contributed by atoms with Crippen molar-refractivity contribution in [1.82, 2.24) is 25.0 Å². The molecule has 0 unspecified atom stereocenters. The van der Waals surface area contributed by atoms with Crippen LogP contribution in [0, 0.1) is 0 Å². The lowest BCUT2D eigenvalue weighted by Gasteiger charge is -2.10. The third-order valence-corrected chi connectivity index (χ3v) is 4.21. The minimum atomic E-state index is -0.644. The highest BCUT2D eigenvalue weighted by atomic mass is 16.5. The average molecular weight is 404 g/mol. The van der Waals surface area contributed by atoms with E-state index in [0.29, 0.717) is 5.82 Å². The molecule has 2 N–H and O–H groups in total. The van der Waals surface area contributed by atoms with Crippen LogP contribution >= 0.6 is 0 Å². The van der Waals surface area contributed by atoms with Crippen molar-refractivity contribution in [3.63, 3.8) is 0 Å². The summed E-state index contributed by atoms with van der Waals surface area (Å²) in [7, 11) is 0. The molecule has 0 aliphatic heterocycles. The minimum absolute atomic E-state index is 0.0383. The fourth-order valence-electron chi connectivity index (χ4n) is 2.82. The van der Waals surface area contributed by atoms with E-state index in [1.165, 1.54) is 23.0 Å². The fourth-order valence-corrected chi connectivity index (χ4v) is 2.82. The Bertz CT molecular complexity index is 1290. The lowest BCUT2D eigenvalue weighted by Crippen LogP contribution is -2.21. The second-order valence-corrected chi connectivity index (χ2v) is 6.16. The van der Waals surface area contributed by atoms with Crippen molar-refractivity contribution in [1.29, 1.82) is 0 Å². The van der Waals surface area contributed by atoms with Gasteiger partial charge in [0.15, 0.2) is 11.6 Å². The Morgan fingerprint density at radius 2 is 1.97 bits per heavy atom. The second kappa shape index (κ2) is 7.95. The number of fused-ring (bicyclic) bond motifs is 1. The van der Waals surface area contributed by atoms with Crippen molar-refractivity contribution in [2.45, 2.75) is 6.92 Å². The number of H-pyrrole nitrogens is 1. The third-order valence-electron chi connectivity index (χ3n) is 4.21. The number of ether oxygens (including phenoxy) is 1. The zero-order chi connectivity index (χ0) is 21.1. The Balaban J connectivity index is 1.78. The van der Waals surface area contributed by atoms with Gasteiger partial charge in [-0.1, -0.05) is 18.2 Å². The molecule has 10 heteroatoms. The van der Waals surface area contributed by atoms with Gasteiger partial charge in [-0.3, -0.25) is 9.59 Å². The van der Waals surface area contributed by atoms with Crippen LogP contribution in [0.4, 0.5) is 5.82 Å². The molecule has 150 valence electrons. The highest BCUT2D eigenvalue weighted by Gasteiger charge is 2.23. The number of aromatic nitrogens is 5. The zero-order valence-electron chi connectivity index (χ0n) is 15.8. The number of pyridine rings is 1. The van der Waals surface area contributed by atoms with Crippen molar-refractivity contribution in [3.05, 3.63) is 76.3 Å². The van der Waals surface area contributed by atoms with E-state index < -0.39 is 17.4 Å². The average Bonchev–Trinajstić information content (AvgIpc) is 3.17. The molecule has 1 amide bonds. The summed E-state index contributed by atoms with van der Waals surface area (Å²) < 4.78 is 6.40. The highest BCUT2D eigenvalue weighted by molar-refractivity contribution is 6.06. The molecule has 0 atom stereocenters. The molecule has 30 heavy (non-hydrogen) atoms. The number of rotatable bonds is 5. The summed E-state index contributed by atoms with van der Waals surface area (Å²) >= 11 is 0. The van der Waals surface area contributed by atoms with Crippen molar-refractivity contribution >= 4 is 28.6 Å². The van der Waals surface area contributed by atoms with E-state index in [0.717, 1.165) is 10.9 Å². The molecule has 0 spiro atoms. The van der Waals surface area contributed by atoms with Gasteiger partial charge in [0, 0.05) is 11.5 Å². The second-order valence-electron chi connectivity index (χ2n) is 6.16. The van der Waals surface area contributed by atoms with Gasteiger partial charge in [0.2, 0.25) is 0 Å². The lowest BCUT2D eigenvalue weighted by molar-refractivity contribution is 0.0527. The number of aromatic amines is 1. The van der Waals surface area contributed by atoms with Crippen LogP contribution in [-0.4, -0.2) is 43.4 Å². The first-order valence-electron chi connectivity index (χ1n) is 9.05. The molecule has 1 aromatic carbocycles. The maximum Gasteiger partial charge on any atom is 0.343 e. The van der Waals surface area contributed by atoms with Gasteiger partial charge in [0.05, 0.1) is 18.3 Å². The standard InChI is InChI=1S/C20H16N6O4/c1-2-30-20(29)13-11-21-26(16-9-7-12-5-3-4-6-14(12)22-16)18(13)23-19(28)15-8-10-17(27)25-24-15/h3-11H,2H2,1H3,(H,23,28)(H,25,27).